The summed E-state index contributed by atoms with van der Waals surface area (Å²) < 4.78 is 11.1. The molecule has 1 N–H and O–H groups in total. The van der Waals surface area contributed by atoms with Crippen LogP contribution in [0.4, 0.5) is 17.8 Å². The van der Waals surface area contributed by atoms with Gasteiger partial charge in [-0.2, -0.15) is 19.9 Å². The van der Waals surface area contributed by atoms with Gasteiger partial charge in [-0.15, -0.1) is 0 Å². The Morgan fingerprint density at radius 2 is 1.59 bits per heavy atom. The van der Waals surface area contributed by atoms with Crippen molar-refractivity contribution in [2.75, 3.05) is 50.6 Å². The lowest BCUT2D eigenvalue weighted by Crippen LogP contribution is -2.45. The topological polar surface area (TPSA) is 101 Å². The Kier molecular flexibility index (Phi) is 6.60. The van der Waals surface area contributed by atoms with E-state index >= 15 is 0 Å². The number of ether oxygens (including phenoxy) is 2. The van der Waals surface area contributed by atoms with Crippen LogP contribution in [0.1, 0.15) is 18.4 Å². The first-order chi connectivity index (χ1) is 15.5. The molecule has 0 aliphatic carbocycles. The van der Waals surface area contributed by atoms with Gasteiger partial charge in [-0.25, -0.2) is 4.98 Å². The van der Waals surface area contributed by atoms with E-state index in [-0.39, 0.29) is 0 Å². The van der Waals surface area contributed by atoms with Gasteiger partial charge in [0.1, 0.15) is 17.3 Å². The first-order valence-corrected chi connectivity index (χ1v) is 10.7. The minimum atomic E-state index is 0.367. The van der Waals surface area contributed by atoms with Gasteiger partial charge in [0.05, 0.1) is 7.11 Å². The molecule has 0 atom stereocenters. The number of likely N-dealkylation sites (N-methyl/N-ethyl adjacent to an activating group) is 1. The van der Waals surface area contributed by atoms with Gasteiger partial charge < -0.3 is 19.3 Å². The third kappa shape index (κ3) is 5.38. The largest absolute Gasteiger partial charge is 0.497 e. The van der Waals surface area contributed by atoms with Gasteiger partial charge in [0.15, 0.2) is 0 Å². The van der Waals surface area contributed by atoms with E-state index in [1.807, 2.05) is 38.1 Å². The maximum Gasteiger partial charge on any atom is 0.234 e. The molecule has 0 amide bonds. The van der Waals surface area contributed by atoms with Crippen molar-refractivity contribution in [1.82, 2.24) is 29.8 Å². The number of methoxy groups -OCH3 is 1. The Labute approximate surface area is 187 Å². The fraction of sp³-hybridized carbons (Fsp3) is 0.409. The van der Waals surface area contributed by atoms with Crippen molar-refractivity contribution in [3.8, 4) is 17.4 Å². The quantitative estimate of drug-likeness (QED) is 0.595. The van der Waals surface area contributed by atoms with Crippen LogP contribution >= 0.6 is 0 Å². The van der Waals surface area contributed by atoms with E-state index in [1.165, 1.54) is 0 Å². The van der Waals surface area contributed by atoms with Crippen LogP contribution in [0, 0.1) is 6.92 Å². The summed E-state index contributed by atoms with van der Waals surface area (Å²) in [6.07, 6.45) is 0.707. The number of anilines is 3. The van der Waals surface area contributed by atoms with Crippen LogP contribution in [-0.2, 0) is 6.42 Å². The van der Waals surface area contributed by atoms with Gasteiger partial charge in [-0.3, -0.25) is 5.32 Å². The molecular weight excluding hydrogens is 408 g/mol. The number of hydrogen-bond donors (Lipinski definition) is 1. The number of rotatable bonds is 7. The summed E-state index contributed by atoms with van der Waals surface area (Å²) in [5.74, 6) is 4.03. The molecule has 10 nitrogen and oxygen atoms in total. The van der Waals surface area contributed by atoms with Gasteiger partial charge in [-0.05, 0) is 38.2 Å². The summed E-state index contributed by atoms with van der Waals surface area (Å²) >= 11 is 0. The second-order valence-corrected chi connectivity index (χ2v) is 7.59. The first-order valence-electron chi connectivity index (χ1n) is 10.7. The van der Waals surface area contributed by atoms with Crippen LogP contribution in [0.15, 0.2) is 30.3 Å². The number of piperazine rings is 1. The molecule has 168 valence electrons. The van der Waals surface area contributed by atoms with Gasteiger partial charge in [0.2, 0.25) is 23.7 Å². The summed E-state index contributed by atoms with van der Waals surface area (Å²) in [6.45, 7) is 7.62. The van der Waals surface area contributed by atoms with Crippen LogP contribution in [0.25, 0.3) is 0 Å². The number of nitrogens with one attached hydrogen (secondary N) is 1. The summed E-state index contributed by atoms with van der Waals surface area (Å²) in [5.41, 5.74) is 0.759. The molecule has 1 aliphatic rings. The van der Waals surface area contributed by atoms with E-state index in [1.54, 1.807) is 13.2 Å². The third-order valence-electron chi connectivity index (χ3n) is 5.11. The van der Waals surface area contributed by atoms with Crippen LogP contribution in [-0.4, -0.2) is 70.2 Å². The summed E-state index contributed by atoms with van der Waals surface area (Å²) in [6, 6.07) is 9.09. The Bertz CT molecular complexity index is 1050. The summed E-state index contributed by atoms with van der Waals surface area (Å²) in [5, 5.41) is 3.13. The highest BCUT2D eigenvalue weighted by atomic mass is 16.5. The minimum absolute atomic E-state index is 0.367. The zero-order valence-electron chi connectivity index (χ0n) is 18.9. The predicted octanol–water partition coefficient (Wildman–Crippen LogP) is 2.83. The Morgan fingerprint density at radius 3 is 2.28 bits per heavy atom. The average Bonchev–Trinajstić information content (AvgIpc) is 2.79. The molecule has 1 fully saturated rings. The zero-order chi connectivity index (χ0) is 22.5. The first kappa shape index (κ1) is 21.7. The molecular formula is C22H28N8O2. The maximum absolute atomic E-state index is 5.90. The van der Waals surface area contributed by atoms with Crippen LogP contribution in [0.5, 0.6) is 17.4 Å². The molecule has 3 aromatic rings. The SMILES string of the molecule is CCc1nc(Nc2nc(C)cc(Oc3ccc(OC)cc3)n2)nc(N2CCN(C)CC2)n1. The van der Waals surface area contributed by atoms with Gasteiger partial charge >= 0.3 is 0 Å². The van der Waals surface area contributed by atoms with Crippen molar-refractivity contribution in [3.05, 3.63) is 41.9 Å². The highest BCUT2D eigenvalue weighted by molar-refractivity contribution is 5.47. The maximum atomic E-state index is 5.90. The highest BCUT2D eigenvalue weighted by Gasteiger charge is 2.18. The van der Waals surface area contributed by atoms with E-state index in [0.29, 0.717) is 35.9 Å². The van der Waals surface area contributed by atoms with E-state index in [4.69, 9.17) is 9.47 Å². The standard InChI is InChI=1S/C22H28N8O2/c1-5-18-24-21(28-22(25-18)30-12-10-29(3)11-13-30)27-20-23-15(2)14-19(26-20)32-17-8-6-16(31-4)7-9-17/h6-9,14H,5,10-13H2,1-4H3,(H,23,24,25,26,27,28). The van der Waals surface area contributed by atoms with E-state index in [9.17, 15) is 0 Å². The van der Waals surface area contributed by atoms with Crippen LogP contribution in [0.3, 0.4) is 0 Å². The van der Waals surface area contributed by atoms with E-state index in [2.05, 4.69) is 47.1 Å². The third-order valence-corrected chi connectivity index (χ3v) is 5.11. The Balaban J connectivity index is 1.54. The molecule has 1 saturated heterocycles. The normalized spacial score (nSPS) is 14.3. The summed E-state index contributed by atoms with van der Waals surface area (Å²) in [4.78, 5) is 27.2. The van der Waals surface area contributed by atoms with Crippen LogP contribution < -0.4 is 19.7 Å². The second kappa shape index (κ2) is 9.73. The minimum Gasteiger partial charge on any atom is -0.497 e. The molecule has 10 heteroatoms. The monoisotopic (exact) mass is 436 g/mol. The molecule has 32 heavy (non-hydrogen) atoms. The lowest BCUT2D eigenvalue weighted by Gasteiger charge is -2.32. The molecule has 0 radical (unpaired) electrons. The van der Waals surface area contributed by atoms with Crippen molar-refractivity contribution < 1.29 is 9.47 Å². The molecule has 0 bridgehead atoms. The zero-order valence-corrected chi connectivity index (χ0v) is 18.9. The van der Waals surface area contributed by atoms with E-state index in [0.717, 1.165) is 43.4 Å². The molecule has 1 aliphatic heterocycles. The number of aryl methyl sites for hydroxylation is 2. The van der Waals surface area contributed by atoms with Crippen molar-refractivity contribution in [2.45, 2.75) is 20.3 Å². The number of aromatic nitrogens is 5. The number of hydrogen-bond acceptors (Lipinski definition) is 10. The molecule has 0 unspecified atom stereocenters. The Morgan fingerprint density at radius 1 is 0.906 bits per heavy atom. The molecule has 4 rings (SSSR count). The van der Waals surface area contributed by atoms with Gasteiger partial charge in [0.25, 0.3) is 0 Å². The molecule has 0 saturated carbocycles. The van der Waals surface area contributed by atoms with Crippen molar-refractivity contribution in [2.24, 2.45) is 0 Å². The number of nitrogens with zero attached hydrogens (tertiary/aromatic N) is 7. The molecule has 3 heterocycles. The summed E-state index contributed by atoms with van der Waals surface area (Å²) in [7, 11) is 3.75. The molecule has 2 aromatic heterocycles. The fourth-order valence-corrected chi connectivity index (χ4v) is 3.28. The lowest BCUT2D eigenvalue weighted by atomic mass is 10.3. The average molecular weight is 437 g/mol. The van der Waals surface area contributed by atoms with Crippen LogP contribution in [0.2, 0.25) is 0 Å². The smallest absolute Gasteiger partial charge is 0.234 e. The molecule has 0 spiro atoms. The van der Waals surface area contributed by atoms with Gasteiger partial charge in [-0.1, -0.05) is 6.92 Å². The van der Waals surface area contributed by atoms with Crippen molar-refractivity contribution >= 4 is 17.8 Å². The number of benzene rings is 1. The fourth-order valence-electron chi connectivity index (χ4n) is 3.28. The van der Waals surface area contributed by atoms with Gasteiger partial charge in [0, 0.05) is 44.4 Å². The lowest BCUT2D eigenvalue weighted by molar-refractivity contribution is 0.311. The molecule has 1 aromatic carbocycles. The van der Waals surface area contributed by atoms with E-state index < -0.39 is 0 Å². The van der Waals surface area contributed by atoms with Crippen molar-refractivity contribution in [3.63, 3.8) is 0 Å². The predicted molar refractivity (Wildman–Crippen MR) is 122 cm³/mol. The second-order valence-electron chi connectivity index (χ2n) is 7.59. The van der Waals surface area contributed by atoms with Crippen molar-refractivity contribution in [1.29, 1.82) is 0 Å². The highest BCUT2D eigenvalue weighted by Crippen LogP contribution is 2.24. The Hall–Kier alpha value is -3.53.